The Morgan fingerprint density at radius 2 is 1.09 bits per heavy atom. The lowest BCUT2D eigenvalue weighted by Gasteiger charge is -2.16. The van der Waals surface area contributed by atoms with Gasteiger partial charge in [0.15, 0.2) is 6.29 Å². The number of rotatable bonds is 7. The van der Waals surface area contributed by atoms with Gasteiger partial charge in [0.25, 0.3) is 11.1 Å². The van der Waals surface area contributed by atoms with Crippen LogP contribution in [0.2, 0.25) is 10.0 Å². The molecule has 0 spiro atoms. The SMILES string of the molecule is COc1ccc(Cl)cc1-c1c(C=CCO)c(=O)[nH]c2ccc(C(F)(F)F)cc12.COc1ccc(Cl)cc1-c1c(C=O)c(=O)[nH]c2ccc(C(F)(F)F)cc12. The van der Waals surface area contributed by atoms with Gasteiger partial charge >= 0.3 is 12.4 Å². The van der Waals surface area contributed by atoms with E-state index in [1.807, 2.05) is 0 Å². The molecule has 0 radical (unpaired) electrons. The van der Waals surface area contributed by atoms with Crippen LogP contribution in [0.5, 0.6) is 11.5 Å². The highest BCUT2D eigenvalue weighted by molar-refractivity contribution is 6.31. The van der Waals surface area contributed by atoms with Crippen LogP contribution in [0.3, 0.4) is 0 Å². The van der Waals surface area contributed by atoms with Gasteiger partial charge in [-0.3, -0.25) is 14.4 Å². The zero-order valence-electron chi connectivity index (χ0n) is 27.9. The molecule has 6 aromatic rings. The molecule has 0 saturated heterocycles. The summed E-state index contributed by atoms with van der Waals surface area (Å²) >= 11 is 12.1. The van der Waals surface area contributed by atoms with Crippen LogP contribution < -0.4 is 20.6 Å². The summed E-state index contributed by atoms with van der Waals surface area (Å²) in [5.41, 5.74) is -1.96. The zero-order valence-corrected chi connectivity index (χ0v) is 29.4. The van der Waals surface area contributed by atoms with Crippen molar-refractivity contribution in [2.75, 3.05) is 20.8 Å². The second-order valence-electron chi connectivity index (χ2n) is 11.4. The number of aromatic amines is 2. The van der Waals surface area contributed by atoms with Crippen LogP contribution in [0.4, 0.5) is 26.3 Å². The van der Waals surface area contributed by atoms with E-state index in [-0.39, 0.29) is 67.0 Å². The van der Waals surface area contributed by atoms with E-state index < -0.39 is 34.6 Å². The topological polar surface area (TPSA) is 121 Å². The predicted octanol–water partition coefficient (Wildman–Crippen LogP) is 9.57. The first-order valence-electron chi connectivity index (χ1n) is 15.5. The third-order valence-corrected chi connectivity index (χ3v) is 8.60. The van der Waals surface area contributed by atoms with E-state index in [1.54, 1.807) is 12.1 Å². The Morgan fingerprint density at radius 3 is 1.48 bits per heavy atom. The molecule has 280 valence electrons. The van der Waals surface area contributed by atoms with Gasteiger partial charge in [0, 0.05) is 59.7 Å². The molecule has 6 rings (SSSR count). The Morgan fingerprint density at radius 1 is 0.667 bits per heavy atom. The van der Waals surface area contributed by atoms with E-state index in [0.29, 0.717) is 22.6 Å². The highest BCUT2D eigenvalue weighted by Crippen LogP contribution is 2.41. The molecule has 3 N–H and O–H groups in total. The molecule has 2 aromatic heterocycles. The van der Waals surface area contributed by atoms with Crippen molar-refractivity contribution in [3.05, 3.63) is 132 Å². The fraction of sp³-hybridized carbons (Fsp3) is 0.132. The number of carbonyl (C=O) groups excluding carboxylic acids is 1. The summed E-state index contributed by atoms with van der Waals surface area (Å²) in [6.45, 7) is -0.341. The molecule has 0 aliphatic rings. The number of aromatic nitrogens is 2. The smallest absolute Gasteiger partial charge is 0.416 e. The molecule has 16 heteroatoms. The van der Waals surface area contributed by atoms with Crippen LogP contribution in [0, 0.1) is 0 Å². The Hall–Kier alpha value is -5.57. The van der Waals surface area contributed by atoms with Crippen molar-refractivity contribution in [3.63, 3.8) is 0 Å². The lowest BCUT2D eigenvalue weighted by atomic mass is 9.94. The van der Waals surface area contributed by atoms with E-state index in [0.717, 1.165) is 30.3 Å². The number of carbonyl (C=O) groups is 1. The number of aliphatic hydroxyl groups is 1. The third-order valence-electron chi connectivity index (χ3n) is 8.13. The minimum Gasteiger partial charge on any atom is -0.496 e. The number of hydrogen-bond acceptors (Lipinski definition) is 6. The first kappa shape index (κ1) is 39.6. The molecule has 0 atom stereocenters. The number of fused-ring (bicyclic) bond motifs is 2. The van der Waals surface area contributed by atoms with Crippen molar-refractivity contribution in [3.8, 4) is 33.8 Å². The first-order valence-corrected chi connectivity index (χ1v) is 16.2. The summed E-state index contributed by atoms with van der Waals surface area (Å²) in [6, 6.07) is 15.1. The zero-order chi connectivity index (χ0) is 39.5. The van der Waals surface area contributed by atoms with Crippen LogP contribution in [-0.2, 0) is 12.4 Å². The number of ether oxygens (including phenoxy) is 2. The van der Waals surface area contributed by atoms with Gasteiger partial charge in [0.05, 0.1) is 37.5 Å². The second kappa shape index (κ2) is 15.8. The van der Waals surface area contributed by atoms with E-state index in [2.05, 4.69) is 9.97 Å². The van der Waals surface area contributed by atoms with Gasteiger partial charge in [-0.25, -0.2) is 0 Å². The van der Waals surface area contributed by atoms with Crippen LogP contribution in [0.15, 0.2) is 88.5 Å². The van der Waals surface area contributed by atoms with Gasteiger partial charge in [0.1, 0.15) is 11.5 Å². The molecular formula is C38H26Cl2F6N2O6. The number of hydrogen-bond donors (Lipinski definition) is 3. The Kier molecular flexibility index (Phi) is 11.6. The van der Waals surface area contributed by atoms with Crippen molar-refractivity contribution in [2.24, 2.45) is 0 Å². The maximum absolute atomic E-state index is 13.3. The molecule has 2 heterocycles. The van der Waals surface area contributed by atoms with Crippen molar-refractivity contribution in [2.45, 2.75) is 12.4 Å². The van der Waals surface area contributed by atoms with Crippen LogP contribution >= 0.6 is 23.2 Å². The Balaban J connectivity index is 0.000000208. The minimum atomic E-state index is -4.58. The average molecular weight is 792 g/mol. The van der Waals surface area contributed by atoms with Gasteiger partial charge in [-0.05, 0) is 72.8 Å². The normalized spacial score (nSPS) is 11.8. The number of halogens is 8. The molecule has 0 saturated carbocycles. The molecular weight excluding hydrogens is 765 g/mol. The number of aldehydes is 1. The van der Waals surface area contributed by atoms with Crippen LogP contribution in [0.1, 0.15) is 27.0 Å². The van der Waals surface area contributed by atoms with E-state index >= 15 is 0 Å². The van der Waals surface area contributed by atoms with Gasteiger partial charge < -0.3 is 24.5 Å². The number of aliphatic hydroxyl groups excluding tert-OH is 1. The van der Waals surface area contributed by atoms with E-state index in [9.17, 15) is 40.7 Å². The lowest BCUT2D eigenvalue weighted by Crippen LogP contribution is -2.15. The molecule has 4 aromatic carbocycles. The van der Waals surface area contributed by atoms with Crippen LogP contribution in [-0.4, -0.2) is 42.2 Å². The molecule has 0 unspecified atom stereocenters. The quantitative estimate of drug-likeness (QED) is 0.109. The number of methoxy groups -OCH3 is 2. The van der Waals surface area contributed by atoms with Crippen LogP contribution in [0.25, 0.3) is 50.1 Å². The summed E-state index contributed by atoms with van der Waals surface area (Å²) in [6.07, 6.45) is -6.16. The second-order valence-corrected chi connectivity index (χ2v) is 12.3. The molecule has 0 fully saturated rings. The first-order chi connectivity index (χ1) is 25.5. The maximum atomic E-state index is 13.3. The molecule has 8 nitrogen and oxygen atoms in total. The third kappa shape index (κ3) is 8.15. The molecule has 54 heavy (non-hydrogen) atoms. The van der Waals surface area contributed by atoms with Crippen molar-refractivity contribution >= 4 is 57.4 Å². The summed E-state index contributed by atoms with van der Waals surface area (Å²) in [5.74, 6) is 0.606. The number of alkyl halides is 6. The molecule has 0 aliphatic heterocycles. The highest BCUT2D eigenvalue weighted by atomic mass is 35.5. The summed E-state index contributed by atoms with van der Waals surface area (Å²) in [7, 11) is 2.77. The van der Waals surface area contributed by atoms with E-state index in [4.69, 9.17) is 37.8 Å². The molecule has 0 aliphatic carbocycles. The maximum Gasteiger partial charge on any atom is 0.416 e. The largest absolute Gasteiger partial charge is 0.496 e. The number of pyridine rings is 2. The van der Waals surface area contributed by atoms with Gasteiger partial charge in [-0.15, -0.1) is 0 Å². The number of H-pyrrole nitrogens is 2. The monoisotopic (exact) mass is 790 g/mol. The minimum absolute atomic E-state index is 0.0317. The highest BCUT2D eigenvalue weighted by Gasteiger charge is 2.32. The van der Waals surface area contributed by atoms with Gasteiger partial charge in [-0.1, -0.05) is 35.4 Å². The lowest BCUT2D eigenvalue weighted by molar-refractivity contribution is -0.138. The summed E-state index contributed by atoms with van der Waals surface area (Å²) in [4.78, 5) is 41.4. The van der Waals surface area contributed by atoms with Crippen molar-refractivity contribution < 1.29 is 45.7 Å². The summed E-state index contributed by atoms with van der Waals surface area (Å²) in [5, 5.41) is 9.93. The Labute approximate surface area is 311 Å². The fourth-order valence-corrected chi connectivity index (χ4v) is 6.09. The molecule has 0 amide bonds. The Bertz CT molecular complexity index is 2550. The van der Waals surface area contributed by atoms with Gasteiger partial charge in [-0.2, -0.15) is 26.3 Å². The number of nitrogens with one attached hydrogen (secondary N) is 2. The summed E-state index contributed by atoms with van der Waals surface area (Å²) < 4.78 is 89.8. The van der Waals surface area contributed by atoms with Crippen molar-refractivity contribution in [1.29, 1.82) is 0 Å². The van der Waals surface area contributed by atoms with Gasteiger partial charge in [0.2, 0.25) is 0 Å². The predicted molar refractivity (Wildman–Crippen MR) is 195 cm³/mol. The average Bonchev–Trinajstić information content (AvgIpc) is 3.12. The fourth-order valence-electron chi connectivity index (χ4n) is 5.74. The standard InChI is InChI=1S/C20H15ClF3NO3.C18H11ClF3NO3/c1-28-17-7-5-12(21)10-15(17)18-13(3-2-8-26)19(27)25-16-6-4-11(9-14(16)18)20(22,23)24;1-26-15-5-3-10(19)7-12(15)16-11-6-9(18(20,21)22)2-4-14(11)23-17(25)13(16)8-24/h2-7,9-10,26H,8H2,1H3,(H,25,27);2-8H,1H3,(H,23,25). The molecule has 0 bridgehead atoms. The van der Waals surface area contributed by atoms with E-state index in [1.165, 1.54) is 56.7 Å². The number of benzene rings is 4. The van der Waals surface area contributed by atoms with Crippen molar-refractivity contribution in [1.82, 2.24) is 9.97 Å².